The van der Waals surface area contributed by atoms with Crippen LogP contribution in [0.5, 0.6) is 5.75 Å². The van der Waals surface area contributed by atoms with Crippen molar-refractivity contribution in [3.63, 3.8) is 0 Å². The van der Waals surface area contributed by atoms with Crippen molar-refractivity contribution in [1.29, 1.82) is 0 Å². The molecule has 0 saturated heterocycles. The molecule has 0 heterocycles. The molecule has 0 aromatic heterocycles. The number of nitrogens with one attached hydrogen (secondary N) is 2. The van der Waals surface area contributed by atoms with Gasteiger partial charge in [0.15, 0.2) is 0 Å². The molecule has 1 amide bonds. The topological polar surface area (TPSA) is 50.4 Å². The third kappa shape index (κ3) is 6.08. The molecule has 0 fully saturated rings. The van der Waals surface area contributed by atoms with Gasteiger partial charge in [-0.1, -0.05) is 18.2 Å². The first kappa shape index (κ1) is 17.0. The van der Waals surface area contributed by atoms with Crippen LogP contribution in [0.15, 0.2) is 48.5 Å². The lowest BCUT2D eigenvalue weighted by Crippen LogP contribution is -2.15. The fourth-order valence-electron chi connectivity index (χ4n) is 2.11. The van der Waals surface area contributed by atoms with Crippen LogP contribution in [0, 0.1) is 5.82 Å². The first-order chi connectivity index (χ1) is 11.2. The Morgan fingerprint density at radius 1 is 1.17 bits per heavy atom. The zero-order chi connectivity index (χ0) is 16.5. The number of anilines is 1. The van der Waals surface area contributed by atoms with E-state index in [9.17, 15) is 9.18 Å². The van der Waals surface area contributed by atoms with E-state index in [0.717, 1.165) is 24.2 Å². The average molecular weight is 316 g/mol. The van der Waals surface area contributed by atoms with Crippen molar-refractivity contribution in [1.82, 2.24) is 5.32 Å². The molecule has 2 rings (SSSR count). The van der Waals surface area contributed by atoms with Crippen LogP contribution in [0.1, 0.15) is 18.4 Å². The zero-order valence-corrected chi connectivity index (χ0v) is 13.1. The number of carbonyl (C=O) groups is 1. The molecule has 0 radical (unpaired) electrons. The second-order valence-corrected chi connectivity index (χ2v) is 5.20. The summed E-state index contributed by atoms with van der Waals surface area (Å²) < 4.78 is 18.6. The monoisotopic (exact) mass is 316 g/mol. The predicted molar refractivity (Wildman–Crippen MR) is 89.0 cm³/mol. The van der Waals surface area contributed by atoms with E-state index >= 15 is 0 Å². The maximum atomic E-state index is 13.1. The van der Waals surface area contributed by atoms with E-state index in [2.05, 4.69) is 10.6 Å². The zero-order valence-electron chi connectivity index (χ0n) is 13.1. The largest absolute Gasteiger partial charge is 0.489 e. The smallest absolute Gasteiger partial charge is 0.224 e. The molecule has 4 nitrogen and oxygen atoms in total. The van der Waals surface area contributed by atoms with Crippen molar-refractivity contribution in [2.24, 2.45) is 0 Å². The number of halogens is 1. The lowest BCUT2D eigenvalue weighted by Gasteiger charge is -2.09. The highest BCUT2D eigenvalue weighted by atomic mass is 19.1. The fraction of sp³-hybridized carbons (Fsp3) is 0.278. The third-order valence-corrected chi connectivity index (χ3v) is 3.24. The average Bonchev–Trinajstić information content (AvgIpc) is 2.54. The van der Waals surface area contributed by atoms with Gasteiger partial charge in [-0.2, -0.15) is 0 Å². The van der Waals surface area contributed by atoms with Crippen LogP contribution in [0.2, 0.25) is 0 Å². The predicted octanol–water partition coefficient (Wildman–Crippen LogP) is 3.34. The highest BCUT2D eigenvalue weighted by molar-refractivity contribution is 5.90. The SMILES string of the molecule is CNCCCC(=O)Nc1cccc(COc2cccc(F)c2)c1. The number of hydrogen-bond acceptors (Lipinski definition) is 3. The highest BCUT2D eigenvalue weighted by Crippen LogP contribution is 2.16. The van der Waals surface area contributed by atoms with E-state index in [1.807, 2.05) is 31.3 Å². The molecule has 5 heteroatoms. The van der Waals surface area contributed by atoms with Crippen molar-refractivity contribution in [2.75, 3.05) is 18.9 Å². The van der Waals surface area contributed by atoms with E-state index in [1.54, 1.807) is 12.1 Å². The minimum absolute atomic E-state index is 0.0107. The molecule has 122 valence electrons. The first-order valence-electron chi connectivity index (χ1n) is 7.59. The standard InChI is InChI=1S/C18H21FN2O2/c1-20-10-4-9-18(22)21-16-7-2-5-14(11-16)13-23-17-8-3-6-15(19)12-17/h2-3,5-8,11-12,20H,4,9-10,13H2,1H3,(H,21,22). The summed E-state index contributed by atoms with van der Waals surface area (Å²) in [5.74, 6) is 0.139. The van der Waals surface area contributed by atoms with Crippen molar-refractivity contribution in [3.05, 3.63) is 59.9 Å². The molecule has 0 aliphatic rings. The van der Waals surface area contributed by atoms with Gasteiger partial charge in [0.2, 0.25) is 5.91 Å². The van der Waals surface area contributed by atoms with Gasteiger partial charge in [-0.05, 0) is 49.8 Å². The lowest BCUT2D eigenvalue weighted by molar-refractivity contribution is -0.116. The Bertz CT molecular complexity index is 646. The number of ether oxygens (including phenoxy) is 1. The Hall–Kier alpha value is -2.40. The number of hydrogen-bond donors (Lipinski definition) is 2. The van der Waals surface area contributed by atoms with Gasteiger partial charge in [0.25, 0.3) is 0 Å². The summed E-state index contributed by atoms with van der Waals surface area (Å²) in [6, 6.07) is 13.5. The Morgan fingerprint density at radius 2 is 2.00 bits per heavy atom. The Balaban J connectivity index is 1.88. The molecule has 0 aliphatic heterocycles. The van der Waals surface area contributed by atoms with Gasteiger partial charge in [-0.3, -0.25) is 4.79 Å². The van der Waals surface area contributed by atoms with E-state index < -0.39 is 0 Å². The maximum absolute atomic E-state index is 13.1. The van der Waals surface area contributed by atoms with Crippen molar-refractivity contribution in [3.8, 4) is 5.75 Å². The summed E-state index contributed by atoms with van der Waals surface area (Å²) in [7, 11) is 1.86. The van der Waals surface area contributed by atoms with Gasteiger partial charge in [0, 0.05) is 18.2 Å². The molecule has 0 unspecified atom stereocenters. The summed E-state index contributed by atoms with van der Waals surface area (Å²) in [5.41, 5.74) is 1.64. The molecular formula is C18H21FN2O2. The van der Waals surface area contributed by atoms with Crippen molar-refractivity contribution < 1.29 is 13.9 Å². The number of benzene rings is 2. The minimum atomic E-state index is -0.329. The van der Waals surface area contributed by atoms with E-state index in [1.165, 1.54) is 12.1 Å². The van der Waals surface area contributed by atoms with Crippen LogP contribution in [-0.4, -0.2) is 19.5 Å². The number of carbonyl (C=O) groups excluding carboxylic acids is 1. The van der Waals surface area contributed by atoms with Crippen LogP contribution >= 0.6 is 0 Å². The summed E-state index contributed by atoms with van der Waals surface area (Å²) in [5, 5.41) is 5.88. The van der Waals surface area contributed by atoms with Crippen molar-refractivity contribution >= 4 is 11.6 Å². The van der Waals surface area contributed by atoms with Crippen molar-refractivity contribution in [2.45, 2.75) is 19.4 Å². The van der Waals surface area contributed by atoms with Crippen LogP contribution < -0.4 is 15.4 Å². The van der Waals surface area contributed by atoms with E-state index in [0.29, 0.717) is 18.8 Å². The van der Waals surface area contributed by atoms with Gasteiger partial charge in [-0.15, -0.1) is 0 Å². The molecule has 0 saturated carbocycles. The van der Waals surface area contributed by atoms with Gasteiger partial charge in [-0.25, -0.2) is 4.39 Å². The normalized spacial score (nSPS) is 10.3. The summed E-state index contributed by atoms with van der Waals surface area (Å²) in [6.45, 7) is 1.13. The van der Waals surface area contributed by atoms with Gasteiger partial charge in [0.1, 0.15) is 18.2 Å². The van der Waals surface area contributed by atoms with Gasteiger partial charge in [0.05, 0.1) is 0 Å². The molecule has 0 spiro atoms. The Morgan fingerprint density at radius 3 is 2.78 bits per heavy atom. The lowest BCUT2D eigenvalue weighted by atomic mass is 10.2. The molecule has 0 atom stereocenters. The number of amides is 1. The second kappa shape index (κ2) is 8.90. The molecule has 2 aromatic rings. The number of rotatable bonds is 8. The highest BCUT2D eigenvalue weighted by Gasteiger charge is 2.03. The first-order valence-corrected chi connectivity index (χ1v) is 7.59. The Labute approximate surface area is 135 Å². The van der Waals surface area contributed by atoms with E-state index in [-0.39, 0.29) is 11.7 Å². The van der Waals surface area contributed by atoms with Gasteiger partial charge >= 0.3 is 0 Å². The summed E-state index contributed by atoms with van der Waals surface area (Å²) in [6.07, 6.45) is 1.27. The molecular weight excluding hydrogens is 295 g/mol. The maximum Gasteiger partial charge on any atom is 0.224 e. The third-order valence-electron chi connectivity index (χ3n) is 3.24. The fourth-order valence-corrected chi connectivity index (χ4v) is 2.11. The molecule has 2 aromatic carbocycles. The quantitative estimate of drug-likeness (QED) is 0.734. The second-order valence-electron chi connectivity index (χ2n) is 5.20. The molecule has 23 heavy (non-hydrogen) atoms. The van der Waals surface area contributed by atoms with Crippen LogP contribution in [0.4, 0.5) is 10.1 Å². The van der Waals surface area contributed by atoms with Crippen LogP contribution in [0.25, 0.3) is 0 Å². The van der Waals surface area contributed by atoms with Gasteiger partial charge < -0.3 is 15.4 Å². The molecule has 0 aliphatic carbocycles. The summed E-state index contributed by atoms with van der Waals surface area (Å²) >= 11 is 0. The molecule has 0 bridgehead atoms. The molecule has 2 N–H and O–H groups in total. The minimum Gasteiger partial charge on any atom is -0.489 e. The summed E-state index contributed by atoms with van der Waals surface area (Å²) in [4.78, 5) is 11.8. The van der Waals surface area contributed by atoms with Crippen LogP contribution in [-0.2, 0) is 11.4 Å². The Kier molecular flexibility index (Phi) is 6.56. The van der Waals surface area contributed by atoms with Crippen LogP contribution in [0.3, 0.4) is 0 Å². The van der Waals surface area contributed by atoms with E-state index in [4.69, 9.17) is 4.74 Å².